The van der Waals surface area contributed by atoms with Gasteiger partial charge in [-0.2, -0.15) is 0 Å². The Kier molecular flexibility index (Phi) is 4.32. The van der Waals surface area contributed by atoms with Crippen LogP contribution in [0.25, 0.3) is 0 Å². The number of benzene rings is 1. The zero-order valence-corrected chi connectivity index (χ0v) is 13.0. The molecule has 0 atom stereocenters. The van der Waals surface area contributed by atoms with E-state index in [1.807, 2.05) is 18.2 Å². The number of anilines is 1. The number of amides is 1. The van der Waals surface area contributed by atoms with Crippen molar-refractivity contribution in [1.29, 1.82) is 0 Å². The van der Waals surface area contributed by atoms with E-state index in [0.29, 0.717) is 10.7 Å². The molecule has 5 heteroatoms. The van der Waals surface area contributed by atoms with Crippen LogP contribution in [0.3, 0.4) is 0 Å². The predicted octanol–water partition coefficient (Wildman–Crippen LogP) is 4.26. The molecule has 1 heterocycles. The lowest BCUT2D eigenvalue weighted by Crippen LogP contribution is -2.16. The van der Waals surface area contributed by atoms with Crippen LogP contribution in [0, 0.1) is 0 Å². The third-order valence-electron chi connectivity index (χ3n) is 2.90. The summed E-state index contributed by atoms with van der Waals surface area (Å²) in [6.45, 7) is 2.05. The van der Waals surface area contributed by atoms with E-state index in [9.17, 15) is 4.79 Å². The molecule has 3 nitrogen and oxygen atoms in total. The second-order valence-electron chi connectivity index (χ2n) is 4.26. The molecule has 0 bridgehead atoms. The van der Waals surface area contributed by atoms with Crippen molar-refractivity contribution in [2.24, 2.45) is 7.05 Å². The lowest BCUT2D eigenvalue weighted by Gasteiger charge is -2.10. The van der Waals surface area contributed by atoms with Crippen LogP contribution in [0.4, 0.5) is 5.69 Å². The molecule has 1 aromatic carbocycles. The SMILES string of the molecule is CCc1cc(Br)ccc1NC(=O)c1cc(Cl)cn1C. The summed E-state index contributed by atoms with van der Waals surface area (Å²) in [6, 6.07) is 7.47. The maximum atomic E-state index is 12.2. The van der Waals surface area contributed by atoms with Crippen LogP contribution in [-0.2, 0) is 13.5 Å². The molecule has 0 aliphatic heterocycles. The van der Waals surface area contributed by atoms with Crippen LogP contribution in [0.1, 0.15) is 23.0 Å². The Balaban J connectivity index is 2.26. The van der Waals surface area contributed by atoms with Crippen LogP contribution in [0.2, 0.25) is 5.02 Å². The minimum absolute atomic E-state index is 0.161. The Hall–Kier alpha value is -1.26. The number of rotatable bonds is 3. The van der Waals surface area contributed by atoms with E-state index in [2.05, 4.69) is 28.2 Å². The predicted molar refractivity (Wildman–Crippen MR) is 81.9 cm³/mol. The first-order valence-corrected chi connectivity index (χ1v) is 7.10. The number of aryl methyl sites for hydroxylation is 2. The van der Waals surface area contributed by atoms with E-state index in [1.165, 1.54) is 0 Å². The fraction of sp³-hybridized carbons (Fsp3) is 0.214. The number of halogens is 2. The van der Waals surface area contributed by atoms with Gasteiger partial charge in [0.25, 0.3) is 5.91 Å². The molecule has 19 heavy (non-hydrogen) atoms. The highest BCUT2D eigenvalue weighted by Crippen LogP contribution is 2.22. The highest BCUT2D eigenvalue weighted by molar-refractivity contribution is 9.10. The molecule has 0 unspecified atom stereocenters. The summed E-state index contributed by atoms with van der Waals surface area (Å²) in [6.07, 6.45) is 2.56. The number of aromatic nitrogens is 1. The largest absolute Gasteiger partial charge is 0.345 e. The minimum Gasteiger partial charge on any atom is -0.345 e. The smallest absolute Gasteiger partial charge is 0.272 e. The molecule has 0 aliphatic carbocycles. The Morgan fingerprint density at radius 3 is 2.74 bits per heavy atom. The van der Waals surface area contributed by atoms with Crippen molar-refractivity contribution in [1.82, 2.24) is 4.57 Å². The van der Waals surface area contributed by atoms with Crippen molar-refractivity contribution in [2.75, 3.05) is 5.32 Å². The number of hydrogen-bond donors (Lipinski definition) is 1. The molecule has 100 valence electrons. The average Bonchev–Trinajstić information content (AvgIpc) is 2.70. The lowest BCUT2D eigenvalue weighted by atomic mass is 10.1. The van der Waals surface area contributed by atoms with Crippen molar-refractivity contribution in [3.05, 3.63) is 51.2 Å². The standard InChI is InChI=1S/C14H14BrClN2O/c1-3-9-6-10(15)4-5-12(9)17-14(19)13-7-11(16)8-18(13)2/h4-8H,3H2,1-2H3,(H,17,19). The summed E-state index contributed by atoms with van der Waals surface area (Å²) in [5.41, 5.74) is 2.45. The third-order valence-corrected chi connectivity index (χ3v) is 3.60. The van der Waals surface area contributed by atoms with Gasteiger partial charge in [-0.05, 0) is 36.2 Å². The first-order chi connectivity index (χ1) is 9.01. The summed E-state index contributed by atoms with van der Waals surface area (Å²) in [5.74, 6) is -0.161. The maximum Gasteiger partial charge on any atom is 0.272 e. The molecule has 0 saturated carbocycles. The van der Waals surface area contributed by atoms with Crippen LogP contribution in [-0.4, -0.2) is 10.5 Å². The van der Waals surface area contributed by atoms with Gasteiger partial charge >= 0.3 is 0 Å². The van der Waals surface area contributed by atoms with Gasteiger partial charge in [-0.15, -0.1) is 0 Å². The first-order valence-electron chi connectivity index (χ1n) is 5.93. The van der Waals surface area contributed by atoms with Gasteiger partial charge in [0.1, 0.15) is 5.69 Å². The zero-order valence-electron chi connectivity index (χ0n) is 10.7. The molecule has 0 radical (unpaired) electrons. The Morgan fingerprint density at radius 1 is 1.42 bits per heavy atom. The summed E-state index contributed by atoms with van der Waals surface area (Å²) >= 11 is 9.31. The molecular weight excluding hydrogens is 328 g/mol. The molecule has 0 fully saturated rings. The molecule has 0 spiro atoms. The Bertz CT molecular complexity index is 622. The number of nitrogens with one attached hydrogen (secondary N) is 1. The molecule has 1 aromatic heterocycles. The van der Waals surface area contributed by atoms with E-state index >= 15 is 0 Å². The highest BCUT2D eigenvalue weighted by Gasteiger charge is 2.13. The molecule has 2 rings (SSSR count). The number of carbonyl (C=O) groups excluding carboxylic acids is 1. The molecular formula is C14H14BrClN2O. The van der Waals surface area contributed by atoms with Crippen LogP contribution >= 0.6 is 27.5 Å². The lowest BCUT2D eigenvalue weighted by molar-refractivity contribution is 0.101. The van der Waals surface area contributed by atoms with E-state index < -0.39 is 0 Å². The molecule has 1 amide bonds. The average molecular weight is 342 g/mol. The maximum absolute atomic E-state index is 12.2. The summed E-state index contributed by atoms with van der Waals surface area (Å²) < 4.78 is 2.71. The van der Waals surface area contributed by atoms with E-state index in [1.54, 1.807) is 23.9 Å². The quantitative estimate of drug-likeness (QED) is 0.889. The molecule has 1 N–H and O–H groups in total. The normalized spacial score (nSPS) is 10.5. The first kappa shape index (κ1) is 14.2. The van der Waals surface area contributed by atoms with E-state index in [0.717, 1.165) is 22.1 Å². The van der Waals surface area contributed by atoms with Gasteiger partial charge in [-0.1, -0.05) is 34.5 Å². The molecule has 0 saturated heterocycles. The van der Waals surface area contributed by atoms with Crippen molar-refractivity contribution in [3.63, 3.8) is 0 Å². The van der Waals surface area contributed by atoms with Crippen molar-refractivity contribution in [2.45, 2.75) is 13.3 Å². The third kappa shape index (κ3) is 3.19. The topological polar surface area (TPSA) is 34.0 Å². The van der Waals surface area contributed by atoms with Crippen LogP contribution < -0.4 is 5.32 Å². The minimum atomic E-state index is -0.161. The molecule has 0 aliphatic rings. The van der Waals surface area contributed by atoms with E-state index in [-0.39, 0.29) is 5.91 Å². The highest BCUT2D eigenvalue weighted by atomic mass is 79.9. The summed E-state index contributed by atoms with van der Waals surface area (Å²) in [4.78, 5) is 12.2. The van der Waals surface area contributed by atoms with Crippen LogP contribution in [0.15, 0.2) is 34.9 Å². The Morgan fingerprint density at radius 2 is 2.16 bits per heavy atom. The second kappa shape index (κ2) is 5.80. The van der Waals surface area contributed by atoms with Gasteiger partial charge in [-0.3, -0.25) is 4.79 Å². The fourth-order valence-corrected chi connectivity index (χ4v) is 2.57. The molecule has 2 aromatic rings. The number of carbonyl (C=O) groups is 1. The van der Waals surface area contributed by atoms with Gasteiger partial charge < -0.3 is 9.88 Å². The van der Waals surface area contributed by atoms with Crippen molar-refractivity contribution < 1.29 is 4.79 Å². The van der Waals surface area contributed by atoms with Crippen LogP contribution in [0.5, 0.6) is 0 Å². The summed E-state index contributed by atoms with van der Waals surface area (Å²) in [5, 5.41) is 3.47. The fourth-order valence-electron chi connectivity index (χ4n) is 1.91. The van der Waals surface area contributed by atoms with Gasteiger partial charge in [0.15, 0.2) is 0 Å². The number of nitrogens with zero attached hydrogens (tertiary/aromatic N) is 1. The van der Waals surface area contributed by atoms with Crippen molar-refractivity contribution >= 4 is 39.1 Å². The second-order valence-corrected chi connectivity index (χ2v) is 5.62. The van der Waals surface area contributed by atoms with Crippen molar-refractivity contribution in [3.8, 4) is 0 Å². The van der Waals surface area contributed by atoms with Gasteiger partial charge in [0.2, 0.25) is 0 Å². The van der Waals surface area contributed by atoms with Gasteiger partial charge in [0.05, 0.1) is 5.02 Å². The zero-order chi connectivity index (χ0) is 14.0. The van der Waals surface area contributed by atoms with Gasteiger partial charge in [0, 0.05) is 23.4 Å². The Labute approximate surface area is 125 Å². The van der Waals surface area contributed by atoms with E-state index in [4.69, 9.17) is 11.6 Å². The monoisotopic (exact) mass is 340 g/mol. The number of hydrogen-bond acceptors (Lipinski definition) is 1. The summed E-state index contributed by atoms with van der Waals surface area (Å²) in [7, 11) is 1.79. The van der Waals surface area contributed by atoms with Gasteiger partial charge in [-0.25, -0.2) is 0 Å².